The second kappa shape index (κ2) is 8.16. The average molecular weight is 434 g/mol. The molecule has 0 aliphatic carbocycles. The average Bonchev–Trinajstić information content (AvgIpc) is 3.50. The van der Waals surface area contributed by atoms with Crippen LogP contribution < -0.4 is 10.2 Å². The highest BCUT2D eigenvalue weighted by molar-refractivity contribution is 5.88. The number of amides is 1. The van der Waals surface area contributed by atoms with Gasteiger partial charge in [-0.05, 0) is 36.3 Å². The highest BCUT2D eigenvalue weighted by Gasteiger charge is 2.28. The van der Waals surface area contributed by atoms with Gasteiger partial charge in [0.05, 0.1) is 24.4 Å². The summed E-state index contributed by atoms with van der Waals surface area (Å²) in [7, 11) is 1.96. The van der Waals surface area contributed by atoms with Crippen LogP contribution in [0, 0.1) is 5.82 Å². The molecule has 164 valence electrons. The fraction of sp³-hybridized carbons (Fsp3) is 0.304. The molecule has 2 aromatic heterocycles. The van der Waals surface area contributed by atoms with Crippen molar-refractivity contribution < 1.29 is 13.9 Å². The minimum absolute atomic E-state index is 0.0611. The van der Waals surface area contributed by atoms with Crippen LogP contribution in [0.2, 0.25) is 0 Å². The number of nitrogens with one attached hydrogen (secondary N) is 1. The Labute approximate surface area is 184 Å². The van der Waals surface area contributed by atoms with Gasteiger partial charge in [0, 0.05) is 31.7 Å². The van der Waals surface area contributed by atoms with Gasteiger partial charge in [-0.15, -0.1) is 0 Å². The van der Waals surface area contributed by atoms with Gasteiger partial charge in [-0.2, -0.15) is 0 Å². The predicted octanol–water partition coefficient (Wildman–Crippen LogP) is 3.16. The first-order valence-corrected chi connectivity index (χ1v) is 10.5. The Hall–Kier alpha value is -3.59. The Morgan fingerprint density at radius 1 is 1.31 bits per heavy atom. The van der Waals surface area contributed by atoms with Crippen LogP contribution in [0.1, 0.15) is 17.5 Å². The molecule has 1 aromatic carbocycles. The Bertz CT molecular complexity index is 1220. The predicted molar refractivity (Wildman–Crippen MR) is 119 cm³/mol. The van der Waals surface area contributed by atoms with Crippen LogP contribution in [0.3, 0.4) is 0 Å². The van der Waals surface area contributed by atoms with Crippen molar-refractivity contribution in [2.75, 3.05) is 30.4 Å². The number of hydrogen-bond acceptors (Lipinski definition) is 7. The van der Waals surface area contributed by atoms with Crippen molar-refractivity contribution >= 4 is 34.3 Å². The zero-order chi connectivity index (χ0) is 22.2. The summed E-state index contributed by atoms with van der Waals surface area (Å²) in [5.41, 5.74) is 2.96. The Morgan fingerprint density at radius 3 is 3.03 bits per heavy atom. The van der Waals surface area contributed by atoms with Crippen LogP contribution in [0.15, 0.2) is 43.2 Å². The molecule has 0 radical (unpaired) electrons. The van der Waals surface area contributed by atoms with Crippen molar-refractivity contribution in [3.63, 3.8) is 0 Å². The molecule has 5 rings (SSSR count). The van der Waals surface area contributed by atoms with E-state index in [-0.39, 0.29) is 24.4 Å². The molecule has 1 atom stereocenters. The van der Waals surface area contributed by atoms with Crippen LogP contribution >= 0.6 is 0 Å². The van der Waals surface area contributed by atoms with Crippen LogP contribution in [-0.4, -0.2) is 51.9 Å². The van der Waals surface area contributed by atoms with E-state index in [1.54, 1.807) is 11.0 Å². The lowest BCUT2D eigenvalue weighted by Crippen LogP contribution is -2.36. The second-order valence-corrected chi connectivity index (χ2v) is 7.98. The Kier molecular flexibility index (Phi) is 5.18. The molecule has 0 unspecified atom stereocenters. The van der Waals surface area contributed by atoms with Gasteiger partial charge in [-0.1, -0.05) is 12.6 Å². The fourth-order valence-electron chi connectivity index (χ4n) is 4.23. The largest absolute Gasteiger partial charge is 0.372 e. The van der Waals surface area contributed by atoms with Crippen LogP contribution in [-0.2, 0) is 22.7 Å². The van der Waals surface area contributed by atoms with E-state index in [0.29, 0.717) is 47.8 Å². The van der Waals surface area contributed by atoms with Crippen molar-refractivity contribution in [2.45, 2.75) is 25.7 Å². The number of fused-ring (bicyclic) bond motifs is 2. The maximum Gasteiger partial charge on any atom is 0.246 e. The lowest BCUT2D eigenvalue weighted by molar-refractivity contribution is -0.125. The zero-order valence-electron chi connectivity index (χ0n) is 17.7. The summed E-state index contributed by atoms with van der Waals surface area (Å²) in [6.45, 7) is 5.55. The number of pyridine rings is 1. The van der Waals surface area contributed by atoms with Crippen molar-refractivity contribution in [1.82, 2.24) is 19.9 Å². The van der Waals surface area contributed by atoms with E-state index in [9.17, 15) is 9.18 Å². The molecular formula is C23H23FN6O2. The van der Waals surface area contributed by atoms with Crippen molar-refractivity contribution in [1.29, 1.82) is 0 Å². The molecule has 1 fully saturated rings. The van der Waals surface area contributed by atoms with Crippen molar-refractivity contribution in [3.8, 4) is 0 Å². The number of hydrogen-bond donors (Lipinski definition) is 1. The lowest BCUT2D eigenvalue weighted by Gasteiger charge is -2.26. The highest BCUT2D eigenvalue weighted by Crippen LogP contribution is 2.31. The normalized spacial score (nSPS) is 17.4. The number of halogens is 1. The summed E-state index contributed by atoms with van der Waals surface area (Å²) in [5, 5.41) is 3.08. The van der Waals surface area contributed by atoms with E-state index in [4.69, 9.17) is 9.72 Å². The third kappa shape index (κ3) is 3.54. The molecule has 4 heterocycles. The van der Waals surface area contributed by atoms with Gasteiger partial charge in [-0.25, -0.2) is 19.3 Å². The third-order valence-electron chi connectivity index (χ3n) is 6.12. The summed E-state index contributed by atoms with van der Waals surface area (Å²) >= 11 is 0. The molecule has 32 heavy (non-hydrogen) atoms. The SMILES string of the molecule is C=CC(=O)N1CC[C@H](N(C)c2ccc3ncnc(Nc4ccc5c(c4F)COC5)c3n2)C1. The summed E-state index contributed by atoms with van der Waals surface area (Å²) in [6.07, 6.45) is 3.62. The number of likely N-dealkylation sites (tertiary alicyclic amines) is 1. The molecule has 9 heteroatoms. The first-order chi connectivity index (χ1) is 15.5. The standard InChI is InChI=1S/C23H23FN6O2/c1-3-20(31)30-9-8-15(10-30)29(2)19-7-6-18-22(28-19)23(26-13-25-18)27-17-5-4-14-11-32-12-16(14)21(17)24/h3-7,13,15H,1,8-12H2,2H3,(H,25,26,27)/t15-/m0/s1. The van der Waals surface area contributed by atoms with E-state index < -0.39 is 0 Å². The van der Waals surface area contributed by atoms with Crippen LogP contribution in [0.25, 0.3) is 11.0 Å². The van der Waals surface area contributed by atoms with Gasteiger partial charge >= 0.3 is 0 Å². The molecule has 1 amide bonds. The number of ether oxygens (including phenoxy) is 1. The summed E-state index contributed by atoms with van der Waals surface area (Å²) in [6, 6.07) is 7.45. The Balaban J connectivity index is 1.44. The van der Waals surface area contributed by atoms with Crippen LogP contribution in [0.5, 0.6) is 0 Å². The van der Waals surface area contributed by atoms with E-state index >= 15 is 0 Å². The van der Waals surface area contributed by atoms with Gasteiger partial charge in [0.1, 0.15) is 17.7 Å². The molecule has 2 aliphatic heterocycles. The van der Waals surface area contributed by atoms with E-state index in [0.717, 1.165) is 17.8 Å². The van der Waals surface area contributed by atoms with Gasteiger partial charge in [0.15, 0.2) is 11.6 Å². The van der Waals surface area contributed by atoms with Gasteiger partial charge in [0.25, 0.3) is 0 Å². The van der Waals surface area contributed by atoms with E-state index in [1.807, 2.05) is 25.2 Å². The molecular weight excluding hydrogens is 411 g/mol. The lowest BCUT2D eigenvalue weighted by atomic mass is 10.1. The number of aromatic nitrogens is 3. The number of likely N-dealkylation sites (N-methyl/N-ethyl adjacent to an activating group) is 1. The number of anilines is 3. The molecule has 2 aliphatic rings. The number of carbonyl (C=O) groups excluding carboxylic acids is 1. The molecule has 0 bridgehead atoms. The first kappa shape index (κ1) is 20.3. The maximum atomic E-state index is 14.9. The summed E-state index contributed by atoms with van der Waals surface area (Å²) in [5.74, 6) is 0.765. The number of nitrogens with zero attached hydrogens (tertiary/aromatic N) is 5. The second-order valence-electron chi connectivity index (χ2n) is 7.98. The smallest absolute Gasteiger partial charge is 0.246 e. The van der Waals surface area contributed by atoms with Gasteiger partial charge < -0.3 is 19.9 Å². The highest BCUT2D eigenvalue weighted by atomic mass is 19.1. The minimum atomic E-state index is -0.335. The fourth-order valence-corrected chi connectivity index (χ4v) is 4.23. The number of rotatable bonds is 5. The molecule has 8 nitrogen and oxygen atoms in total. The van der Waals surface area contributed by atoms with Crippen molar-refractivity contribution in [3.05, 3.63) is 60.2 Å². The zero-order valence-corrected chi connectivity index (χ0v) is 17.7. The molecule has 0 spiro atoms. The summed E-state index contributed by atoms with van der Waals surface area (Å²) in [4.78, 5) is 29.1. The molecule has 0 saturated carbocycles. The topological polar surface area (TPSA) is 83.5 Å². The molecule has 1 saturated heterocycles. The monoisotopic (exact) mass is 434 g/mol. The Morgan fingerprint density at radius 2 is 2.19 bits per heavy atom. The quantitative estimate of drug-likeness (QED) is 0.618. The number of benzene rings is 1. The molecule has 1 N–H and O–H groups in total. The van der Waals surface area contributed by atoms with E-state index in [1.165, 1.54) is 12.4 Å². The minimum Gasteiger partial charge on any atom is -0.372 e. The first-order valence-electron chi connectivity index (χ1n) is 10.5. The van der Waals surface area contributed by atoms with Gasteiger partial charge in [0.2, 0.25) is 5.91 Å². The molecule has 3 aromatic rings. The van der Waals surface area contributed by atoms with Crippen LogP contribution in [0.4, 0.5) is 21.7 Å². The number of carbonyl (C=O) groups is 1. The van der Waals surface area contributed by atoms with Gasteiger partial charge in [-0.3, -0.25) is 4.79 Å². The van der Waals surface area contributed by atoms with E-state index in [2.05, 4.69) is 26.8 Å². The maximum absolute atomic E-state index is 14.9. The third-order valence-corrected chi connectivity index (χ3v) is 6.12. The summed E-state index contributed by atoms with van der Waals surface area (Å²) < 4.78 is 20.3. The van der Waals surface area contributed by atoms with Crippen molar-refractivity contribution in [2.24, 2.45) is 0 Å².